The van der Waals surface area contributed by atoms with Gasteiger partial charge in [-0.15, -0.1) is 0 Å². The van der Waals surface area contributed by atoms with E-state index in [1.54, 1.807) is 12.1 Å². The standard InChI is InChI=1S/C12H17NO3/c1-2-16-9-3-4-12(15)13-10-5-7-11(14)8-6-10/h5-8,14H,2-4,9H2,1H3,(H,13,15). The first kappa shape index (κ1) is 12.5. The molecule has 0 aliphatic rings. The Morgan fingerprint density at radius 1 is 1.38 bits per heavy atom. The van der Waals surface area contributed by atoms with E-state index in [0.29, 0.717) is 25.3 Å². The van der Waals surface area contributed by atoms with E-state index in [4.69, 9.17) is 9.84 Å². The molecule has 0 saturated carbocycles. The fourth-order valence-electron chi connectivity index (χ4n) is 1.25. The summed E-state index contributed by atoms with van der Waals surface area (Å²) in [5, 5.41) is 11.8. The lowest BCUT2D eigenvalue weighted by molar-refractivity contribution is -0.116. The molecule has 0 unspecified atom stereocenters. The number of hydrogen-bond donors (Lipinski definition) is 2. The van der Waals surface area contributed by atoms with Crippen LogP contribution in [0.5, 0.6) is 5.75 Å². The van der Waals surface area contributed by atoms with Crippen LogP contribution in [-0.4, -0.2) is 24.2 Å². The van der Waals surface area contributed by atoms with Gasteiger partial charge in [0.2, 0.25) is 5.91 Å². The Labute approximate surface area is 95.2 Å². The van der Waals surface area contributed by atoms with E-state index < -0.39 is 0 Å². The summed E-state index contributed by atoms with van der Waals surface area (Å²) in [5.41, 5.74) is 0.694. The van der Waals surface area contributed by atoms with E-state index in [1.807, 2.05) is 6.92 Å². The highest BCUT2D eigenvalue weighted by Gasteiger charge is 2.01. The molecular weight excluding hydrogens is 206 g/mol. The zero-order valence-corrected chi connectivity index (χ0v) is 9.40. The highest BCUT2D eigenvalue weighted by atomic mass is 16.5. The van der Waals surface area contributed by atoms with Crippen molar-refractivity contribution in [1.29, 1.82) is 0 Å². The third kappa shape index (κ3) is 4.79. The van der Waals surface area contributed by atoms with Gasteiger partial charge in [-0.25, -0.2) is 0 Å². The lowest BCUT2D eigenvalue weighted by Gasteiger charge is -2.05. The number of phenols is 1. The molecule has 0 saturated heterocycles. The summed E-state index contributed by atoms with van der Waals surface area (Å²) < 4.78 is 5.14. The van der Waals surface area contributed by atoms with Crippen LogP contribution in [0.3, 0.4) is 0 Å². The highest BCUT2D eigenvalue weighted by Crippen LogP contribution is 2.13. The summed E-state index contributed by atoms with van der Waals surface area (Å²) in [6, 6.07) is 6.40. The van der Waals surface area contributed by atoms with Crippen LogP contribution < -0.4 is 5.32 Å². The van der Waals surface area contributed by atoms with Crippen molar-refractivity contribution < 1.29 is 14.6 Å². The molecule has 1 aromatic rings. The third-order valence-corrected chi connectivity index (χ3v) is 2.05. The molecule has 16 heavy (non-hydrogen) atoms. The number of benzene rings is 1. The lowest BCUT2D eigenvalue weighted by Crippen LogP contribution is -2.12. The summed E-state index contributed by atoms with van der Waals surface area (Å²) in [6.07, 6.45) is 1.17. The second kappa shape index (κ2) is 6.85. The molecule has 1 amide bonds. The van der Waals surface area contributed by atoms with Crippen LogP contribution in [0.15, 0.2) is 24.3 Å². The SMILES string of the molecule is CCOCCCC(=O)Nc1ccc(O)cc1. The molecular formula is C12H17NO3. The molecule has 0 spiro atoms. The zero-order chi connectivity index (χ0) is 11.8. The normalized spacial score (nSPS) is 10.1. The van der Waals surface area contributed by atoms with Gasteiger partial charge in [-0.05, 0) is 37.6 Å². The Kier molecular flexibility index (Phi) is 5.36. The van der Waals surface area contributed by atoms with Gasteiger partial charge in [0.1, 0.15) is 5.75 Å². The smallest absolute Gasteiger partial charge is 0.224 e. The molecule has 0 bridgehead atoms. The zero-order valence-electron chi connectivity index (χ0n) is 9.40. The van der Waals surface area contributed by atoms with Crippen molar-refractivity contribution in [1.82, 2.24) is 0 Å². The third-order valence-electron chi connectivity index (χ3n) is 2.05. The Morgan fingerprint density at radius 2 is 2.06 bits per heavy atom. The van der Waals surface area contributed by atoms with Gasteiger partial charge in [0.25, 0.3) is 0 Å². The predicted octanol–water partition coefficient (Wildman–Crippen LogP) is 2.15. The van der Waals surface area contributed by atoms with Gasteiger partial charge in [-0.3, -0.25) is 4.79 Å². The monoisotopic (exact) mass is 223 g/mol. The number of carbonyl (C=O) groups excluding carboxylic acids is 1. The first-order valence-corrected chi connectivity index (χ1v) is 5.39. The van der Waals surface area contributed by atoms with Gasteiger partial charge in [-0.1, -0.05) is 0 Å². The predicted molar refractivity (Wildman–Crippen MR) is 62.5 cm³/mol. The summed E-state index contributed by atoms with van der Waals surface area (Å²) in [7, 11) is 0. The first-order chi connectivity index (χ1) is 7.72. The number of anilines is 1. The second-order valence-electron chi connectivity index (χ2n) is 3.40. The van der Waals surface area contributed by atoms with Crippen molar-refractivity contribution in [2.75, 3.05) is 18.5 Å². The number of ether oxygens (including phenoxy) is 1. The molecule has 1 aromatic carbocycles. The van der Waals surface area contributed by atoms with Crippen molar-refractivity contribution in [3.8, 4) is 5.75 Å². The Hall–Kier alpha value is -1.55. The highest BCUT2D eigenvalue weighted by molar-refractivity contribution is 5.90. The first-order valence-electron chi connectivity index (χ1n) is 5.39. The van der Waals surface area contributed by atoms with Crippen molar-refractivity contribution in [3.05, 3.63) is 24.3 Å². The fourth-order valence-corrected chi connectivity index (χ4v) is 1.25. The number of nitrogens with one attached hydrogen (secondary N) is 1. The minimum absolute atomic E-state index is 0.0367. The van der Waals surface area contributed by atoms with Crippen LogP contribution in [0.2, 0.25) is 0 Å². The van der Waals surface area contributed by atoms with E-state index in [0.717, 1.165) is 6.42 Å². The number of hydrogen-bond acceptors (Lipinski definition) is 3. The average Bonchev–Trinajstić information content (AvgIpc) is 2.28. The second-order valence-corrected chi connectivity index (χ2v) is 3.40. The minimum Gasteiger partial charge on any atom is -0.508 e. The molecule has 0 aliphatic carbocycles. The largest absolute Gasteiger partial charge is 0.508 e. The minimum atomic E-state index is -0.0367. The van der Waals surface area contributed by atoms with Gasteiger partial charge < -0.3 is 15.2 Å². The van der Waals surface area contributed by atoms with Crippen molar-refractivity contribution in [2.24, 2.45) is 0 Å². The number of amides is 1. The summed E-state index contributed by atoms with van der Waals surface area (Å²) in [4.78, 5) is 11.4. The molecule has 4 nitrogen and oxygen atoms in total. The van der Waals surface area contributed by atoms with E-state index in [-0.39, 0.29) is 11.7 Å². The maximum Gasteiger partial charge on any atom is 0.224 e. The van der Waals surface area contributed by atoms with Crippen LogP contribution >= 0.6 is 0 Å². The van der Waals surface area contributed by atoms with Gasteiger partial charge in [-0.2, -0.15) is 0 Å². The lowest BCUT2D eigenvalue weighted by atomic mass is 10.2. The van der Waals surface area contributed by atoms with Crippen LogP contribution in [0.4, 0.5) is 5.69 Å². The molecule has 88 valence electrons. The van der Waals surface area contributed by atoms with Gasteiger partial charge >= 0.3 is 0 Å². The topological polar surface area (TPSA) is 58.6 Å². The fraction of sp³-hybridized carbons (Fsp3) is 0.417. The number of rotatable bonds is 6. The summed E-state index contributed by atoms with van der Waals surface area (Å²) >= 11 is 0. The molecule has 0 radical (unpaired) electrons. The maximum atomic E-state index is 11.4. The Morgan fingerprint density at radius 3 is 2.69 bits per heavy atom. The molecule has 0 fully saturated rings. The molecule has 0 heterocycles. The van der Waals surface area contributed by atoms with E-state index in [1.165, 1.54) is 12.1 Å². The van der Waals surface area contributed by atoms with Crippen molar-refractivity contribution in [2.45, 2.75) is 19.8 Å². The molecule has 1 rings (SSSR count). The quantitative estimate of drug-likeness (QED) is 0.574. The van der Waals surface area contributed by atoms with Crippen LogP contribution in [0.1, 0.15) is 19.8 Å². The van der Waals surface area contributed by atoms with E-state index in [9.17, 15) is 4.79 Å². The molecule has 0 atom stereocenters. The number of aromatic hydroxyl groups is 1. The van der Waals surface area contributed by atoms with Crippen molar-refractivity contribution in [3.63, 3.8) is 0 Å². The summed E-state index contributed by atoms with van der Waals surface area (Å²) in [6.45, 7) is 3.22. The molecule has 0 aromatic heterocycles. The van der Waals surface area contributed by atoms with Crippen molar-refractivity contribution >= 4 is 11.6 Å². The van der Waals surface area contributed by atoms with Gasteiger partial charge in [0.05, 0.1) is 0 Å². The molecule has 0 aliphatic heterocycles. The van der Waals surface area contributed by atoms with E-state index in [2.05, 4.69) is 5.32 Å². The van der Waals surface area contributed by atoms with Gasteiger partial charge in [0, 0.05) is 25.3 Å². The molecule has 4 heteroatoms. The number of carbonyl (C=O) groups is 1. The van der Waals surface area contributed by atoms with E-state index >= 15 is 0 Å². The van der Waals surface area contributed by atoms with Crippen LogP contribution in [0, 0.1) is 0 Å². The Balaban J connectivity index is 2.26. The number of phenolic OH excluding ortho intramolecular Hbond substituents is 1. The Bertz CT molecular complexity index is 322. The van der Waals surface area contributed by atoms with Crippen LogP contribution in [0.25, 0.3) is 0 Å². The maximum absolute atomic E-state index is 11.4. The van der Waals surface area contributed by atoms with Crippen LogP contribution in [-0.2, 0) is 9.53 Å². The summed E-state index contributed by atoms with van der Waals surface area (Å²) in [5.74, 6) is 0.153. The average molecular weight is 223 g/mol. The molecule has 2 N–H and O–H groups in total. The van der Waals surface area contributed by atoms with Gasteiger partial charge in [0.15, 0.2) is 0 Å².